The first kappa shape index (κ1) is 11.3. The van der Waals surface area contributed by atoms with Crippen molar-refractivity contribution >= 4 is 5.82 Å². The van der Waals surface area contributed by atoms with E-state index in [1.165, 1.54) is 6.42 Å². The van der Waals surface area contributed by atoms with Gasteiger partial charge in [-0.3, -0.25) is 0 Å². The van der Waals surface area contributed by atoms with Crippen LogP contribution in [0.5, 0.6) is 0 Å². The van der Waals surface area contributed by atoms with Crippen LogP contribution in [0.2, 0.25) is 0 Å². The minimum absolute atomic E-state index is 0.452. The van der Waals surface area contributed by atoms with Crippen molar-refractivity contribution in [2.75, 3.05) is 32.1 Å². The Kier molecular flexibility index (Phi) is 3.36. The number of aromatic nitrogens is 2. The van der Waals surface area contributed by atoms with Gasteiger partial charge in [0.2, 0.25) is 0 Å². The summed E-state index contributed by atoms with van der Waals surface area (Å²) in [5.41, 5.74) is 6.33. The van der Waals surface area contributed by atoms with E-state index in [0.29, 0.717) is 12.6 Å². The average Bonchev–Trinajstić information content (AvgIpc) is 2.78. The zero-order chi connectivity index (χ0) is 11.5. The zero-order valence-corrected chi connectivity index (χ0v) is 9.93. The molecular weight excluding hydrogens is 202 g/mol. The Morgan fingerprint density at radius 2 is 2.25 bits per heavy atom. The molecule has 1 aromatic rings. The highest BCUT2D eigenvalue weighted by Crippen LogP contribution is 2.19. The Morgan fingerprint density at radius 3 is 2.75 bits per heavy atom. The van der Waals surface area contributed by atoms with Crippen molar-refractivity contribution in [1.82, 2.24) is 15.1 Å². The van der Waals surface area contributed by atoms with Crippen LogP contribution in [0.4, 0.5) is 5.82 Å². The molecule has 1 saturated heterocycles. The minimum atomic E-state index is 0.452. The fourth-order valence-electron chi connectivity index (χ4n) is 2.00. The van der Waals surface area contributed by atoms with Gasteiger partial charge >= 0.3 is 0 Å². The average molecular weight is 221 g/mol. The maximum Gasteiger partial charge on any atom is 0.151 e. The van der Waals surface area contributed by atoms with E-state index < -0.39 is 0 Å². The smallest absolute Gasteiger partial charge is 0.151 e. The number of likely N-dealkylation sites (N-methyl/N-ethyl adjacent to an activating group) is 1. The first-order valence-corrected chi connectivity index (χ1v) is 5.64. The van der Waals surface area contributed by atoms with E-state index in [1.54, 1.807) is 0 Å². The summed E-state index contributed by atoms with van der Waals surface area (Å²) in [6.07, 6.45) is 1.19. The molecule has 0 saturated carbocycles. The summed E-state index contributed by atoms with van der Waals surface area (Å²) in [5.74, 6) is 0.960. The lowest BCUT2D eigenvalue weighted by Crippen LogP contribution is -2.31. The highest BCUT2D eigenvalue weighted by Gasteiger charge is 2.24. The van der Waals surface area contributed by atoms with Crippen LogP contribution < -0.4 is 10.6 Å². The van der Waals surface area contributed by atoms with Crippen LogP contribution in [-0.2, 0) is 6.54 Å². The molecule has 0 bridgehead atoms. The van der Waals surface area contributed by atoms with Crippen molar-refractivity contribution in [3.63, 3.8) is 0 Å². The lowest BCUT2D eigenvalue weighted by molar-refractivity contribution is 0.315. The Labute approximate surface area is 96.2 Å². The summed E-state index contributed by atoms with van der Waals surface area (Å²) in [6.45, 7) is 2.54. The second kappa shape index (κ2) is 4.76. The summed E-state index contributed by atoms with van der Waals surface area (Å²) < 4.78 is 0. The summed E-state index contributed by atoms with van der Waals surface area (Å²) in [6, 6.07) is 4.58. The number of nitrogens with zero attached hydrogens (tertiary/aromatic N) is 4. The zero-order valence-electron chi connectivity index (χ0n) is 9.93. The summed E-state index contributed by atoms with van der Waals surface area (Å²) in [7, 11) is 4.24. The van der Waals surface area contributed by atoms with Gasteiger partial charge in [0.15, 0.2) is 5.82 Å². The van der Waals surface area contributed by atoms with Crippen LogP contribution in [0.15, 0.2) is 12.1 Å². The van der Waals surface area contributed by atoms with Crippen LogP contribution in [0.3, 0.4) is 0 Å². The lowest BCUT2D eigenvalue weighted by Gasteiger charge is -2.20. The number of rotatable bonds is 3. The number of hydrogen-bond acceptors (Lipinski definition) is 5. The van der Waals surface area contributed by atoms with Crippen LogP contribution in [0, 0.1) is 0 Å². The molecule has 5 heteroatoms. The Hall–Kier alpha value is -1.20. The van der Waals surface area contributed by atoms with Gasteiger partial charge in [0.25, 0.3) is 0 Å². The number of hydrogen-bond donors (Lipinski definition) is 1. The Bertz CT molecular complexity index is 335. The maximum atomic E-state index is 5.49. The Morgan fingerprint density at radius 1 is 1.44 bits per heavy atom. The van der Waals surface area contributed by atoms with E-state index in [4.69, 9.17) is 5.73 Å². The molecule has 1 atom stereocenters. The van der Waals surface area contributed by atoms with Crippen molar-refractivity contribution in [3.05, 3.63) is 17.8 Å². The van der Waals surface area contributed by atoms with Gasteiger partial charge in [0.05, 0.1) is 5.69 Å². The maximum absolute atomic E-state index is 5.49. The molecule has 0 aromatic carbocycles. The molecule has 16 heavy (non-hydrogen) atoms. The van der Waals surface area contributed by atoms with E-state index in [9.17, 15) is 0 Å². The van der Waals surface area contributed by atoms with Crippen molar-refractivity contribution in [1.29, 1.82) is 0 Å². The molecule has 0 radical (unpaired) electrons. The van der Waals surface area contributed by atoms with Gasteiger partial charge in [-0.2, -0.15) is 5.10 Å². The summed E-state index contributed by atoms with van der Waals surface area (Å²) in [4.78, 5) is 4.54. The van der Waals surface area contributed by atoms with Gasteiger partial charge in [-0.25, -0.2) is 0 Å². The topological polar surface area (TPSA) is 58.3 Å². The second-order valence-corrected chi connectivity index (χ2v) is 4.44. The first-order valence-electron chi connectivity index (χ1n) is 5.64. The largest absolute Gasteiger partial charge is 0.354 e. The van der Waals surface area contributed by atoms with Crippen molar-refractivity contribution in [2.45, 2.75) is 19.0 Å². The molecule has 1 unspecified atom stereocenters. The van der Waals surface area contributed by atoms with Crippen LogP contribution in [0.1, 0.15) is 12.1 Å². The van der Waals surface area contributed by atoms with Gasteiger partial charge in [-0.1, -0.05) is 0 Å². The molecule has 0 aliphatic carbocycles. The molecule has 1 aliphatic heterocycles. The summed E-state index contributed by atoms with van der Waals surface area (Å²) in [5, 5.41) is 8.28. The molecule has 2 heterocycles. The predicted molar refractivity (Wildman–Crippen MR) is 64.2 cm³/mol. The van der Waals surface area contributed by atoms with Gasteiger partial charge in [-0.15, -0.1) is 5.10 Å². The van der Waals surface area contributed by atoms with Gasteiger partial charge in [0, 0.05) is 25.7 Å². The van der Waals surface area contributed by atoms with E-state index in [0.717, 1.165) is 24.6 Å². The van der Waals surface area contributed by atoms with E-state index in [2.05, 4.69) is 34.1 Å². The highest BCUT2D eigenvalue weighted by atomic mass is 15.3. The number of nitrogens with two attached hydrogens (primary N) is 1. The third-order valence-electron chi connectivity index (χ3n) is 3.13. The van der Waals surface area contributed by atoms with E-state index in [-0.39, 0.29) is 0 Å². The van der Waals surface area contributed by atoms with Crippen LogP contribution >= 0.6 is 0 Å². The molecule has 88 valence electrons. The van der Waals surface area contributed by atoms with Gasteiger partial charge in [0.1, 0.15) is 0 Å². The molecule has 5 nitrogen and oxygen atoms in total. The monoisotopic (exact) mass is 221 g/mol. The SMILES string of the molecule is CN(C)C1CCN(c2ccc(CN)nn2)C1. The lowest BCUT2D eigenvalue weighted by atomic mass is 10.2. The Balaban J connectivity index is 2.03. The van der Waals surface area contributed by atoms with Crippen molar-refractivity contribution in [3.8, 4) is 0 Å². The van der Waals surface area contributed by atoms with Gasteiger partial charge < -0.3 is 15.5 Å². The molecular formula is C11H19N5. The molecule has 2 N–H and O–H groups in total. The van der Waals surface area contributed by atoms with Gasteiger partial charge in [-0.05, 0) is 32.6 Å². The van der Waals surface area contributed by atoms with E-state index in [1.807, 2.05) is 12.1 Å². The third-order valence-corrected chi connectivity index (χ3v) is 3.13. The second-order valence-electron chi connectivity index (χ2n) is 4.44. The normalized spacial score (nSPS) is 20.8. The van der Waals surface area contributed by atoms with Crippen molar-refractivity contribution < 1.29 is 0 Å². The quantitative estimate of drug-likeness (QED) is 0.783. The predicted octanol–water partition coefficient (Wildman–Crippen LogP) is 0.0756. The highest BCUT2D eigenvalue weighted by molar-refractivity contribution is 5.39. The molecule has 1 aromatic heterocycles. The first-order chi connectivity index (χ1) is 7.70. The van der Waals surface area contributed by atoms with Crippen molar-refractivity contribution in [2.24, 2.45) is 5.73 Å². The standard InChI is InChI=1S/C11H19N5/c1-15(2)10-5-6-16(8-10)11-4-3-9(7-12)13-14-11/h3-4,10H,5-8,12H2,1-2H3. The van der Waals surface area contributed by atoms with Crippen LogP contribution in [0.25, 0.3) is 0 Å². The minimum Gasteiger partial charge on any atom is -0.354 e. The molecule has 2 rings (SSSR count). The number of anilines is 1. The fraction of sp³-hybridized carbons (Fsp3) is 0.636. The molecule has 0 spiro atoms. The summed E-state index contributed by atoms with van der Waals surface area (Å²) >= 11 is 0. The van der Waals surface area contributed by atoms with E-state index >= 15 is 0 Å². The third kappa shape index (κ3) is 2.31. The molecule has 1 fully saturated rings. The molecule has 0 amide bonds. The van der Waals surface area contributed by atoms with Crippen LogP contribution in [-0.4, -0.2) is 48.3 Å². The fourth-order valence-corrected chi connectivity index (χ4v) is 2.00. The molecule has 1 aliphatic rings.